The maximum absolute atomic E-state index is 11.9. The Balaban J connectivity index is 2.04. The lowest BCUT2D eigenvalue weighted by molar-refractivity contribution is -0.384. The van der Waals surface area contributed by atoms with Crippen molar-refractivity contribution >= 4 is 34.2 Å². The molecule has 0 spiro atoms. The first kappa shape index (κ1) is 17.6. The molecule has 0 aliphatic rings. The molecule has 0 radical (unpaired) electrons. The van der Waals surface area contributed by atoms with E-state index >= 15 is 0 Å². The van der Waals surface area contributed by atoms with Crippen LogP contribution in [0.4, 0.5) is 11.4 Å². The van der Waals surface area contributed by atoms with E-state index in [9.17, 15) is 19.1 Å². The summed E-state index contributed by atoms with van der Waals surface area (Å²) in [6.07, 6.45) is 4.43. The number of carbonyl (C=O) groups is 1. The SMILES string of the molecule is C[S@@](=O)Cc1cccc(NC(=O)/C=C/c2cccc([N+](=O)[O-])c2)c1. The number of rotatable bonds is 6. The van der Waals surface area contributed by atoms with Gasteiger partial charge in [-0.05, 0) is 29.3 Å². The highest BCUT2D eigenvalue weighted by Crippen LogP contribution is 2.15. The summed E-state index contributed by atoms with van der Waals surface area (Å²) < 4.78 is 11.2. The van der Waals surface area contributed by atoms with E-state index in [2.05, 4.69) is 5.32 Å². The molecule has 7 heteroatoms. The molecule has 1 N–H and O–H groups in total. The summed E-state index contributed by atoms with van der Waals surface area (Å²) in [7, 11) is -0.954. The zero-order valence-corrected chi connectivity index (χ0v) is 13.8. The molecule has 0 bridgehead atoms. The minimum Gasteiger partial charge on any atom is -0.323 e. The van der Waals surface area contributed by atoms with Crippen LogP contribution in [0.5, 0.6) is 0 Å². The lowest BCUT2D eigenvalue weighted by Crippen LogP contribution is -2.08. The Morgan fingerprint density at radius 1 is 1.25 bits per heavy atom. The molecule has 0 fully saturated rings. The maximum Gasteiger partial charge on any atom is 0.270 e. The van der Waals surface area contributed by atoms with Gasteiger partial charge in [-0.1, -0.05) is 24.3 Å². The van der Waals surface area contributed by atoms with Gasteiger partial charge in [0.2, 0.25) is 5.91 Å². The second-order valence-electron chi connectivity index (χ2n) is 5.09. The average Bonchev–Trinajstić information content (AvgIpc) is 2.53. The Bertz CT molecular complexity index is 818. The van der Waals surface area contributed by atoms with Gasteiger partial charge < -0.3 is 5.32 Å². The van der Waals surface area contributed by atoms with Gasteiger partial charge in [-0.2, -0.15) is 0 Å². The molecule has 124 valence electrons. The summed E-state index contributed by atoms with van der Waals surface area (Å²) in [5.41, 5.74) is 2.01. The summed E-state index contributed by atoms with van der Waals surface area (Å²) in [6.45, 7) is 0. The first-order valence-corrected chi connectivity index (χ1v) is 8.79. The smallest absolute Gasteiger partial charge is 0.270 e. The van der Waals surface area contributed by atoms with Gasteiger partial charge in [0, 0.05) is 46.7 Å². The lowest BCUT2D eigenvalue weighted by Gasteiger charge is -2.04. The predicted molar refractivity (Wildman–Crippen MR) is 95.0 cm³/mol. The van der Waals surface area contributed by atoms with Gasteiger partial charge in [0.05, 0.1) is 4.92 Å². The highest BCUT2D eigenvalue weighted by Gasteiger charge is 2.05. The molecule has 0 aliphatic heterocycles. The standard InChI is InChI=1S/C17H16N2O4S/c1-24(23)12-14-5-2-6-15(10-14)18-17(20)9-8-13-4-3-7-16(11-13)19(21)22/h2-11H,12H2,1H3,(H,18,20)/b9-8+/t24-/m1/s1. The van der Waals surface area contributed by atoms with Crippen LogP contribution < -0.4 is 5.32 Å². The van der Waals surface area contributed by atoms with Crippen LogP contribution in [-0.4, -0.2) is 21.3 Å². The molecule has 1 atom stereocenters. The number of nitro groups is 1. The topological polar surface area (TPSA) is 89.3 Å². The fourth-order valence-electron chi connectivity index (χ4n) is 2.07. The molecular weight excluding hydrogens is 328 g/mol. The number of hydrogen-bond donors (Lipinski definition) is 1. The third-order valence-corrected chi connectivity index (χ3v) is 3.81. The highest BCUT2D eigenvalue weighted by molar-refractivity contribution is 7.83. The Morgan fingerprint density at radius 2 is 2.00 bits per heavy atom. The summed E-state index contributed by atoms with van der Waals surface area (Å²) in [5, 5.41) is 13.4. The van der Waals surface area contributed by atoms with E-state index in [0.717, 1.165) is 5.56 Å². The number of non-ortho nitro benzene ring substituents is 1. The molecule has 2 aromatic carbocycles. The zero-order valence-electron chi connectivity index (χ0n) is 13.0. The van der Waals surface area contributed by atoms with Gasteiger partial charge in [-0.15, -0.1) is 0 Å². The number of benzene rings is 2. The van der Waals surface area contributed by atoms with E-state index in [1.165, 1.54) is 24.3 Å². The van der Waals surface area contributed by atoms with E-state index in [0.29, 0.717) is 17.0 Å². The molecule has 2 aromatic rings. The van der Waals surface area contributed by atoms with Crippen molar-refractivity contribution in [2.24, 2.45) is 0 Å². The monoisotopic (exact) mass is 344 g/mol. The molecule has 0 saturated carbocycles. The second-order valence-corrected chi connectivity index (χ2v) is 6.53. The molecule has 0 saturated heterocycles. The number of anilines is 1. The van der Waals surface area contributed by atoms with Gasteiger partial charge >= 0.3 is 0 Å². The minimum atomic E-state index is -0.954. The number of amides is 1. The van der Waals surface area contributed by atoms with Crippen molar-refractivity contribution in [3.05, 3.63) is 75.8 Å². The van der Waals surface area contributed by atoms with Crippen molar-refractivity contribution in [3.8, 4) is 0 Å². The number of nitrogens with one attached hydrogen (secondary N) is 1. The number of hydrogen-bond acceptors (Lipinski definition) is 4. The molecule has 24 heavy (non-hydrogen) atoms. The quantitative estimate of drug-likeness (QED) is 0.495. The summed E-state index contributed by atoms with van der Waals surface area (Å²) in [4.78, 5) is 22.2. The van der Waals surface area contributed by atoms with E-state index in [1.54, 1.807) is 36.6 Å². The number of nitrogens with zero attached hydrogens (tertiary/aromatic N) is 1. The van der Waals surface area contributed by atoms with E-state index in [1.807, 2.05) is 6.07 Å². The summed E-state index contributed by atoms with van der Waals surface area (Å²) in [5.74, 6) is 0.0732. The van der Waals surface area contributed by atoms with Crippen LogP contribution in [0.15, 0.2) is 54.6 Å². The van der Waals surface area contributed by atoms with Crippen LogP contribution in [0.25, 0.3) is 6.08 Å². The van der Waals surface area contributed by atoms with Gasteiger partial charge in [0.1, 0.15) is 0 Å². The molecule has 0 aliphatic carbocycles. The molecule has 6 nitrogen and oxygen atoms in total. The van der Waals surface area contributed by atoms with Gasteiger partial charge in [0.25, 0.3) is 5.69 Å². The van der Waals surface area contributed by atoms with Crippen molar-refractivity contribution in [1.82, 2.24) is 0 Å². The van der Waals surface area contributed by atoms with Crippen LogP contribution in [0.3, 0.4) is 0 Å². The summed E-state index contributed by atoms with van der Waals surface area (Å²) in [6, 6.07) is 13.1. The van der Waals surface area contributed by atoms with Crippen molar-refractivity contribution in [1.29, 1.82) is 0 Å². The van der Waals surface area contributed by atoms with Crippen molar-refractivity contribution in [3.63, 3.8) is 0 Å². The van der Waals surface area contributed by atoms with E-state index in [-0.39, 0.29) is 11.6 Å². The molecule has 0 aromatic heterocycles. The Hall–Kier alpha value is -2.80. The maximum atomic E-state index is 11.9. The largest absolute Gasteiger partial charge is 0.323 e. The second kappa shape index (κ2) is 8.16. The van der Waals surface area contributed by atoms with Crippen molar-refractivity contribution < 1.29 is 13.9 Å². The molecule has 0 heterocycles. The molecular formula is C17H16N2O4S. The normalized spacial score (nSPS) is 12.0. The zero-order chi connectivity index (χ0) is 17.5. The van der Waals surface area contributed by atoms with Crippen LogP contribution in [-0.2, 0) is 21.3 Å². The first-order chi connectivity index (χ1) is 11.4. The van der Waals surface area contributed by atoms with Crippen LogP contribution in [0.2, 0.25) is 0 Å². The molecule has 2 rings (SSSR count). The van der Waals surface area contributed by atoms with Gasteiger partial charge in [0.15, 0.2) is 0 Å². The number of nitro benzene ring substituents is 1. The van der Waals surface area contributed by atoms with Gasteiger partial charge in [-0.25, -0.2) is 0 Å². The highest BCUT2D eigenvalue weighted by atomic mass is 32.2. The third-order valence-electron chi connectivity index (χ3n) is 3.07. The van der Waals surface area contributed by atoms with Crippen LogP contribution in [0, 0.1) is 10.1 Å². The Morgan fingerprint density at radius 3 is 2.71 bits per heavy atom. The molecule has 1 amide bonds. The lowest BCUT2D eigenvalue weighted by atomic mass is 10.2. The number of carbonyl (C=O) groups excluding carboxylic acids is 1. The van der Waals surface area contributed by atoms with Crippen molar-refractivity contribution in [2.45, 2.75) is 5.75 Å². The van der Waals surface area contributed by atoms with E-state index in [4.69, 9.17) is 0 Å². The van der Waals surface area contributed by atoms with Gasteiger partial charge in [-0.3, -0.25) is 19.1 Å². The third kappa shape index (κ3) is 5.44. The van der Waals surface area contributed by atoms with E-state index < -0.39 is 15.7 Å². The van der Waals surface area contributed by atoms with Crippen molar-refractivity contribution in [2.75, 3.05) is 11.6 Å². The predicted octanol–water partition coefficient (Wildman–Crippen LogP) is 3.13. The Kier molecular flexibility index (Phi) is 5.97. The summed E-state index contributed by atoms with van der Waals surface area (Å²) >= 11 is 0. The molecule has 0 unspecified atom stereocenters. The average molecular weight is 344 g/mol. The van der Waals surface area contributed by atoms with Crippen LogP contribution in [0.1, 0.15) is 11.1 Å². The minimum absolute atomic E-state index is 0.0298. The Labute approximate surface area is 141 Å². The fourth-order valence-corrected chi connectivity index (χ4v) is 2.72. The fraction of sp³-hybridized carbons (Fsp3) is 0.118. The van der Waals surface area contributed by atoms with Crippen LogP contribution >= 0.6 is 0 Å². The first-order valence-electron chi connectivity index (χ1n) is 7.06.